The Morgan fingerprint density at radius 3 is 2.67 bits per heavy atom. The van der Waals surface area contributed by atoms with Gasteiger partial charge in [0.1, 0.15) is 5.54 Å². The molecule has 2 aliphatic rings. The Kier molecular flexibility index (Phi) is 5.31. The molecule has 2 rings (SSSR count). The summed E-state index contributed by atoms with van der Waals surface area (Å²) in [7, 11) is 0. The average Bonchev–Trinajstić information content (AvgIpc) is 3.17. The Hall–Kier alpha value is -0.610. The minimum Gasteiger partial charge on any atom is -0.480 e. The quantitative estimate of drug-likeness (QED) is 0.676. The van der Waals surface area contributed by atoms with E-state index in [1.54, 1.807) is 0 Å². The van der Waals surface area contributed by atoms with Crippen LogP contribution in [0.25, 0.3) is 0 Å². The number of rotatable bonds is 8. The number of hydrogen-bond acceptors (Lipinski definition) is 3. The number of carboxylic acids is 1. The summed E-state index contributed by atoms with van der Waals surface area (Å²) < 4.78 is 0. The van der Waals surface area contributed by atoms with Crippen LogP contribution in [0.1, 0.15) is 65.7 Å². The van der Waals surface area contributed by atoms with E-state index >= 15 is 0 Å². The van der Waals surface area contributed by atoms with Gasteiger partial charge in [-0.25, -0.2) is 0 Å². The first kappa shape index (κ1) is 16.8. The predicted molar refractivity (Wildman–Crippen MR) is 85.5 cm³/mol. The van der Waals surface area contributed by atoms with E-state index in [-0.39, 0.29) is 0 Å². The number of likely N-dealkylation sites (tertiary alicyclic amines) is 1. The van der Waals surface area contributed by atoms with Crippen LogP contribution >= 0.6 is 0 Å². The van der Waals surface area contributed by atoms with Crippen LogP contribution in [0.5, 0.6) is 0 Å². The van der Waals surface area contributed by atoms with Gasteiger partial charge in [0.2, 0.25) is 0 Å². The van der Waals surface area contributed by atoms with E-state index in [9.17, 15) is 9.90 Å². The Morgan fingerprint density at radius 1 is 1.38 bits per heavy atom. The lowest BCUT2D eigenvalue weighted by Crippen LogP contribution is -2.50. The molecule has 0 aromatic heterocycles. The maximum Gasteiger partial charge on any atom is 0.323 e. The Balaban J connectivity index is 1.69. The van der Waals surface area contributed by atoms with Crippen LogP contribution in [0.4, 0.5) is 0 Å². The van der Waals surface area contributed by atoms with Crippen molar-refractivity contribution in [3.8, 4) is 0 Å². The molecule has 4 nitrogen and oxygen atoms in total. The average molecular weight is 296 g/mol. The van der Waals surface area contributed by atoms with E-state index in [0.29, 0.717) is 11.5 Å². The molecule has 1 aliphatic carbocycles. The molecule has 21 heavy (non-hydrogen) atoms. The van der Waals surface area contributed by atoms with Crippen molar-refractivity contribution in [1.29, 1.82) is 0 Å². The summed E-state index contributed by atoms with van der Waals surface area (Å²) in [5, 5.41) is 12.8. The smallest absolute Gasteiger partial charge is 0.323 e. The van der Waals surface area contributed by atoms with Gasteiger partial charge in [-0.15, -0.1) is 0 Å². The van der Waals surface area contributed by atoms with Gasteiger partial charge in [-0.3, -0.25) is 10.1 Å². The van der Waals surface area contributed by atoms with Gasteiger partial charge in [-0.05, 0) is 70.4 Å². The standard InChI is InChI=1S/C17H32N2O2/c1-16(2)9-6-12-19(13-16)11-5-4-10-17(3,15(20)21)18-14-7-8-14/h14,18H,4-13H2,1-3H3,(H,20,21). The predicted octanol–water partition coefficient (Wildman–Crippen LogP) is 2.87. The van der Waals surface area contributed by atoms with Crippen LogP contribution in [0.15, 0.2) is 0 Å². The second kappa shape index (κ2) is 6.66. The summed E-state index contributed by atoms with van der Waals surface area (Å²) in [6.07, 6.45) is 7.70. The van der Waals surface area contributed by atoms with Crippen LogP contribution in [-0.4, -0.2) is 47.2 Å². The van der Waals surface area contributed by atoms with Crippen LogP contribution in [0, 0.1) is 5.41 Å². The second-order valence-electron chi connectivity index (χ2n) is 8.06. The van der Waals surface area contributed by atoms with Crippen molar-refractivity contribution in [1.82, 2.24) is 10.2 Å². The molecule has 2 fully saturated rings. The fraction of sp³-hybridized carbons (Fsp3) is 0.941. The molecule has 1 saturated carbocycles. The van der Waals surface area contributed by atoms with Crippen LogP contribution in [0.3, 0.4) is 0 Å². The minimum absolute atomic E-state index is 0.439. The zero-order valence-corrected chi connectivity index (χ0v) is 14.0. The van der Waals surface area contributed by atoms with Gasteiger partial charge in [0.25, 0.3) is 0 Å². The largest absolute Gasteiger partial charge is 0.480 e. The first-order valence-electron chi connectivity index (χ1n) is 8.54. The molecular formula is C17H32N2O2. The van der Waals surface area contributed by atoms with Crippen molar-refractivity contribution >= 4 is 5.97 Å². The van der Waals surface area contributed by atoms with E-state index in [1.165, 1.54) is 25.9 Å². The third-order valence-electron chi connectivity index (χ3n) is 4.95. The van der Waals surface area contributed by atoms with Gasteiger partial charge >= 0.3 is 5.97 Å². The summed E-state index contributed by atoms with van der Waals surface area (Å²) in [6, 6.07) is 0.439. The minimum atomic E-state index is -0.734. The van der Waals surface area contributed by atoms with Gasteiger partial charge in [0, 0.05) is 12.6 Å². The van der Waals surface area contributed by atoms with Crippen LogP contribution < -0.4 is 5.32 Å². The molecule has 0 spiro atoms. The molecule has 4 heteroatoms. The summed E-state index contributed by atoms with van der Waals surface area (Å²) >= 11 is 0. The van der Waals surface area contributed by atoms with E-state index in [1.807, 2.05) is 6.92 Å². The fourth-order valence-electron chi connectivity index (χ4n) is 3.47. The molecule has 0 bridgehead atoms. The fourth-order valence-corrected chi connectivity index (χ4v) is 3.47. The van der Waals surface area contributed by atoms with Crippen LogP contribution in [-0.2, 0) is 4.79 Å². The molecule has 122 valence electrons. The molecule has 1 unspecified atom stereocenters. The lowest BCUT2D eigenvalue weighted by molar-refractivity contribution is -0.144. The van der Waals surface area contributed by atoms with E-state index in [0.717, 1.165) is 38.6 Å². The van der Waals surface area contributed by atoms with Gasteiger partial charge in [0.15, 0.2) is 0 Å². The number of carboxylic acid groups (broad SMARTS) is 1. The maximum absolute atomic E-state index is 11.5. The van der Waals surface area contributed by atoms with Crippen molar-refractivity contribution in [2.75, 3.05) is 19.6 Å². The molecule has 0 amide bonds. The SMILES string of the molecule is CC1(C)CCCN(CCCCC(C)(NC2CC2)C(=O)O)C1. The van der Waals surface area contributed by atoms with Gasteiger partial charge in [-0.1, -0.05) is 13.8 Å². The second-order valence-corrected chi connectivity index (χ2v) is 8.06. The third kappa shape index (κ3) is 5.26. The molecule has 1 atom stereocenters. The Morgan fingerprint density at radius 2 is 2.10 bits per heavy atom. The highest BCUT2D eigenvalue weighted by Crippen LogP contribution is 2.29. The van der Waals surface area contributed by atoms with Crippen LogP contribution in [0.2, 0.25) is 0 Å². The van der Waals surface area contributed by atoms with Gasteiger partial charge in [0.05, 0.1) is 0 Å². The van der Waals surface area contributed by atoms with Crippen molar-refractivity contribution in [3.05, 3.63) is 0 Å². The molecule has 0 aromatic rings. The molecular weight excluding hydrogens is 264 g/mol. The number of aliphatic carboxylic acids is 1. The first-order chi connectivity index (χ1) is 9.81. The Labute approximate surface area is 129 Å². The summed E-state index contributed by atoms with van der Waals surface area (Å²) in [5.41, 5.74) is -0.288. The summed E-state index contributed by atoms with van der Waals surface area (Å²) in [6.45, 7) is 10.0. The summed E-state index contributed by atoms with van der Waals surface area (Å²) in [4.78, 5) is 14.0. The highest BCUT2D eigenvalue weighted by molar-refractivity contribution is 5.78. The molecule has 1 saturated heterocycles. The van der Waals surface area contributed by atoms with Crippen molar-refractivity contribution < 1.29 is 9.90 Å². The monoisotopic (exact) mass is 296 g/mol. The third-order valence-corrected chi connectivity index (χ3v) is 4.95. The van der Waals surface area contributed by atoms with E-state index in [2.05, 4.69) is 24.1 Å². The van der Waals surface area contributed by atoms with Crippen molar-refractivity contribution in [3.63, 3.8) is 0 Å². The zero-order chi connectivity index (χ0) is 15.5. The number of nitrogens with zero attached hydrogens (tertiary/aromatic N) is 1. The van der Waals surface area contributed by atoms with Crippen molar-refractivity contribution in [2.45, 2.75) is 77.3 Å². The lowest BCUT2D eigenvalue weighted by Gasteiger charge is -2.38. The topological polar surface area (TPSA) is 52.6 Å². The highest BCUT2D eigenvalue weighted by Gasteiger charge is 2.37. The van der Waals surface area contributed by atoms with Gasteiger partial charge < -0.3 is 10.0 Å². The number of nitrogens with one attached hydrogen (secondary N) is 1. The van der Waals surface area contributed by atoms with Crippen molar-refractivity contribution in [2.24, 2.45) is 5.41 Å². The Bertz CT molecular complexity index is 366. The lowest BCUT2D eigenvalue weighted by atomic mass is 9.84. The molecule has 1 heterocycles. The molecule has 2 N–H and O–H groups in total. The first-order valence-corrected chi connectivity index (χ1v) is 8.54. The normalized spacial score (nSPS) is 25.5. The number of unbranched alkanes of at least 4 members (excludes halogenated alkanes) is 1. The zero-order valence-electron chi connectivity index (χ0n) is 14.0. The van der Waals surface area contributed by atoms with E-state index in [4.69, 9.17) is 0 Å². The number of piperidine rings is 1. The highest BCUT2D eigenvalue weighted by atomic mass is 16.4. The number of hydrogen-bond donors (Lipinski definition) is 2. The summed E-state index contributed by atoms with van der Waals surface area (Å²) in [5.74, 6) is -0.700. The van der Waals surface area contributed by atoms with E-state index < -0.39 is 11.5 Å². The molecule has 0 aromatic carbocycles. The maximum atomic E-state index is 11.5. The number of carbonyl (C=O) groups is 1. The molecule has 0 radical (unpaired) electrons. The van der Waals surface area contributed by atoms with Gasteiger partial charge in [-0.2, -0.15) is 0 Å². The molecule has 1 aliphatic heterocycles.